The quantitative estimate of drug-likeness (QED) is 0.760. The number of anilines is 1. The highest BCUT2D eigenvalue weighted by Gasteiger charge is 2.29. The number of aryl methyl sites for hydroxylation is 2. The fraction of sp³-hybridized carbons (Fsp3) is 0.750. The highest BCUT2D eigenvalue weighted by Crippen LogP contribution is 2.29. The van der Waals surface area contributed by atoms with Gasteiger partial charge in [-0.15, -0.1) is 11.3 Å². The van der Waals surface area contributed by atoms with Crippen molar-refractivity contribution in [3.05, 3.63) is 10.6 Å². The molecule has 0 aromatic carbocycles. The number of amides is 2. The number of nitrogens with zero attached hydrogens (tertiary/aromatic N) is 1. The lowest BCUT2D eigenvalue weighted by Crippen LogP contribution is -2.49. The number of hydrogen-bond acceptors (Lipinski definition) is 4. The average molecular weight is 378 g/mol. The fourth-order valence-electron chi connectivity index (χ4n) is 3.94. The zero-order valence-electron chi connectivity index (χ0n) is 16.0. The molecule has 26 heavy (non-hydrogen) atoms. The highest BCUT2D eigenvalue weighted by molar-refractivity contribution is 7.15. The van der Waals surface area contributed by atoms with Crippen molar-refractivity contribution in [3.63, 3.8) is 0 Å². The fourth-order valence-corrected chi connectivity index (χ4v) is 4.99. The van der Waals surface area contributed by atoms with E-state index in [1.54, 1.807) is 11.3 Å². The number of hydrogen-bond donors (Lipinski definition) is 2. The third kappa shape index (κ3) is 4.84. The first kappa shape index (κ1) is 19.3. The van der Waals surface area contributed by atoms with Crippen LogP contribution in [-0.2, 0) is 22.4 Å². The molecule has 0 bridgehead atoms. The number of thiazole rings is 1. The molecule has 1 atom stereocenters. The van der Waals surface area contributed by atoms with E-state index >= 15 is 0 Å². The first-order valence-corrected chi connectivity index (χ1v) is 11.0. The third-order valence-corrected chi connectivity index (χ3v) is 6.62. The molecule has 2 aliphatic rings. The standard InChI is InChI=1S/C20H31N3O2S/c1-13(2)17(22-18(24)14-9-5-3-6-10-14)19(25)23-20-21-15-11-7-4-8-12-16(15)26-20/h13-14,17H,3-12H2,1-2H3,(H,22,24)(H,21,23,25). The summed E-state index contributed by atoms with van der Waals surface area (Å²) in [5, 5.41) is 6.65. The van der Waals surface area contributed by atoms with Gasteiger partial charge in [-0.3, -0.25) is 9.59 Å². The van der Waals surface area contributed by atoms with E-state index < -0.39 is 6.04 Å². The normalized spacial score (nSPS) is 19.5. The predicted molar refractivity (Wildman–Crippen MR) is 105 cm³/mol. The van der Waals surface area contributed by atoms with E-state index in [2.05, 4.69) is 15.6 Å². The number of carbonyl (C=O) groups is 2. The Bertz CT molecular complexity index is 612. The Hall–Kier alpha value is -1.43. The van der Waals surface area contributed by atoms with E-state index in [1.807, 2.05) is 13.8 Å². The molecule has 0 radical (unpaired) electrons. The Morgan fingerprint density at radius 2 is 1.73 bits per heavy atom. The molecular weight excluding hydrogens is 346 g/mol. The van der Waals surface area contributed by atoms with Crippen LogP contribution in [-0.4, -0.2) is 22.8 Å². The molecule has 0 aliphatic heterocycles. The second kappa shape index (κ2) is 8.98. The van der Waals surface area contributed by atoms with Gasteiger partial charge in [-0.1, -0.05) is 39.5 Å². The number of fused-ring (bicyclic) bond motifs is 1. The molecule has 1 fully saturated rings. The van der Waals surface area contributed by atoms with Gasteiger partial charge < -0.3 is 10.6 Å². The Kier molecular flexibility index (Phi) is 6.68. The first-order chi connectivity index (χ1) is 12.5. The molecular formula is C20H31N3O2S. The highest BCUT2D eigenvalue weighted by atomic mass is 32.1. The lowest BCUT2D eigenvalue weighted by molar-refractivity contribution is -0.130. The second-order valence-electron chi connectivity index (χ2n) is 8.00. The van der Waals surface area contributed by atoms with Crippen LogP contribution in [0.25, 0.3) is 0 Å². The van der Waals surface area contributed by atoms with Crippen molar-refractivity contribution in [1.82, 2.24) is 10.3 Å². The van der Waals surface area contributed by atoms with Crippen LogP contribution in [0, 0.1) is 11.8 Å². The summed E-state index contributed by atoms with van der Waals surface area (Å²) in [6, 6.07) is -0.506. The molecule has 1 heterocycles. The summed E-state index contributed by atoms with van der Waals surface area (Å²) < 4.78 is 0. The smallest absolute Gasteiger partial charge is 0.248 e. The van der Waals surface area contributed by atoms with Gasteiger partial charge in [0.05, 0.1) is 5.69 Å². The van der Waals surface area contributed by atoms with E-state index in [9.17, 15) is 9.59 Å². The summed E-state index contributed by atoms with van der Waals surface area (Å²) in [6.45, 7) is 3.95. The minimum atomic E-state index is -0.506. The molecule has 2 aliphatic carbocycles. The van der Waals surface area contributed by atoms with E-state index in [0.717, 1.165) is 44.2 Å². The molecule has 1 aromatic heterocycles. The van der Waals surface area contributed by atoms with Crippen molar-refractivity contribution >= 4 is 28.3 Å². The molecule has 0 saturated heterocycles. The zero-order valence-corrected chi connectivity index (χ0v) is 16.8. The van der Waals surface area contributed by atoms with Gasteiger partial charge in [-0.05, 0) is 44.4 Å². The largest absolute Gasteiger partial charge is 0.344 e. The van der Waals surface area contributed by atoms with Gasteiger partial charge >= 0.3 is 0 Å². The number of carbonyl (C=O) groups excluding carboxylic acids is 2. The summed E-state index contributed by atoms with van der Waals surface area (Å²) in [5.41, 5.74) is 1.15. The Balaban J connectivity index is 1.62. The summed E-state index contributed by atoms with van der Waals surface area (Å²) in [4.78, 5) is 31.3. The number of aromatic nitrogens is 1. The van der Waals surface area contributed by atoms with Gasteiger partial charge in [0.15, 0.2) is 5.13 Å². The van der Waals surface area contributed by atoms with Crippen molar-refractivity contribution < 1.29 is 9.59 Å². The lowest BCUT2D eigenvalue weighted by Gasteiger charge is -2.26. The minimum absolute atomic E-state index is 0.0356. The van der Waals surface area contributed by atoms with Gasteiger partial charge in [-0.25, -0.2) is 4.98 Å². The summed E-state index contributed by atoms with van der Waals surface area (Å²) >= 11 is 1.60. The van der Waals surface area contributed by atoms with Crippen molar-refractivity contribution in [2.24, 2.45) is 11.8 Å². The predicted octanol–water partition coefficient (Wildman–Crippen LogP) is 4.07. The Morgan fingerprint density at radius 3 is 2.46 bits per heavy atom. The maximum atomic E-state index is 12.8. The molecule has 2 amide bonds. The van der Waals surface area contributed by atoms with E-state index in [0.29, 0.717) is 5.13 Å². The van der Waals surface area contributed by atoms with Crippen molar-refractivity contribution in [1.29, 1.82) is 0 Å². The molecule has 1 saturated carbocycles. The number of nitrogens with one attached hydrogen (secondary N) is 2. The molecule has 144 valence electrons. The molecule has 0 spiro atoms. The van der Waals surface area contributed by atoms with Crippen molar-refractivity contribution in [2.45, 2.75) is 84.1 Å². The molecule has 6 heteroatoms. The summed E-state index contributed by atoms with van der Waals surface area (Å²) in [7, 11) is 0. The molecule has 3 rings (SSSR count). The monoisotopic (exact) mass is 377 g/mol. The molecule has 1 unspecified atom stereocenters. The summed E-state index contributed by atoms with van der Waals surface area (Å²) in [6.07, 6.45) is 11.0. The maximum Gasteiger partial charge on any atom is 0.248 e. The maximum absolute atomic E-state index is 12.8. The number of rotatable bonds is 5. The topological polar surface area (TPSA) is 71.1 Å². The first-order valence-electron chi connectivity index (χ1n) is 10.1. The summed E-state index contributed by atoms with van der Waals surface area (Å²) in [5.74, 6) is -0.00408. The van der Waals surface area contributed by atoms with E-state index in [-0.39, 0.29) is 23.7 Å². The van der Waals surface area contributed by atoms with Crippen LogP contribution in [0.15, 0.2) is 0 Å². The van der Waals surface area contributed by atoms with Gasteiger partial charge in [0, 0.05) is 10.8 Å². The van der Waals surface area contributed by atoms with Gasteiger partial charge in [-0.2, -0.15) is 0 Å². The van der Waals surface area contributed by atoms with Gasteiger partial charge in [0.1, 0.15) is 6.04 Å². The van der Waals surface area contributed by atoms with E-state index in [4.69, 9.17) is 0 Å². The van der Waals surface area contributed by atoms with Gasteiger partial charge in [0.25, 0.3) is 0 Å². The SMILES string of the molecule is CC(C)C(NC(=O)C1CCCCC1)C(=O)Nc1nc2c(s1)CCCCC2. The molecule has 1 aromatic rings. The minimum Gasteiger partial charge on any atom is -0.344 e. The van der Waals surface area contributed by atoms with Crippen LogP contribution < -0.4 is 10.6 Å². The van der Waals surface area contributed by atoms with Crippen LogP contribution in [0.4, 0.5) is 5.13 Å². The van der Waals surface area contributed by atoms with Crippen molar-refractivity contribution in [3.8, 4) is 0 Å². The van der Waals surface area contributed by atoms with Crippen LogP contribution in [0.5, 0.6) is 0 Å². The van der Waals surface area contributed by atoms with Crippen LogP contribution in [0.3, 0.4) is 0 Å². The lowest BCUT2D eigenvalue weighted by atomic mass is 9.88. The Morgan fingerprint density at radius 1 is 1.04 bits per heavy atom. The molecule has 5 nitrogen and oxygen atoms in total. The molecule has 2 N–H and O–H groups in total. The van der Waals surface area contributed by atoms with E-state index in [1.165, 1.54) is 30.6 Å². The zero-order chi connectivity index (χ0) is 18.5. The van der Waals surface area contributed by atoms with Crippen LogP contribution in [0.1, 0.15) is 75.8 Å². The van der Waals surface area contributed by atoms with Gasteiger partial charge in [0.2, 0.25) is 11.8 Å². The van der Waals surface area contributed by atoms with Crippen molar-refractivity contribution in [2.75, 3.05) is 5.32 Å². The van der Waals surface area contributed by atoms with Crippen LogP contribution in [0.2, 0.25) is 0 Å². The second-order valence-corrected chi connectivity index (χ2v) is 9.09. The third-order valence-electron chi connectivity index (χ3n) is 5.55. The average Bonchev–Trinajstić information content (AvgIpc) is 2.87. The Labute approximate surface area is 160 Å². The van der Waals surface area contributed by atoms with Crippen LogP contribution >= 0.6 is 11.3 Å².